The molecule has 2 nitrogen and oxygen atoms in total. The summed E-state index contributed by atoms with van der Waals surface area (Å²) in [7, 11) is 0. The molecule has 0 radical (unpaired) electrons. The molecule has 0 amide bonds. The fourth-order valence-electron chi connectivity index (χ4n) is 2.94. The molecule has 2 rings (SSSR count). The lowest BCUT2D eigenvalue weighted by molar-refractivity contribution is 0.263. The van der Waals surface area contributed by atoms with E-state index >= 15 is 0 Å². The molecule has 0 aliphatic carbocycles. The molecule has 1 aliphatic rings. The fraction of sp³-hybridized carbons (Fsp3) is 0.625. The van der Waals surface area contributed by atoms with Gasteiger partial charge in [-0.2, -0.15) is 0 Å². The summed E-state index contributed by atoms with van der Waals surface area (Å²) in [6, 6.07) is 6.58. The van der Waals surface area contributed by atoms with Crippen LogP contribution >= 0.6 is 0 Å². The zero-order chi connectivity index (χ0) is 13.7. The Morgan fingerprint density at radius 3 is 2.95 bits per heavy atom. The van der Waals surface area contributed by atoms with Gasteiger partial charge in [0, 0.05) is 12.6 Å². The van der Waals surface area contributed by atoms with Gasteiger partial charge in [0.25, 0.3) is 0 Å². The van der Waals surface area contributed by atoms with Crippen molar-refractivity contribution in [3.8, 4) is 0 Å². The van der Waals surface area contributed by atoms with E-state index in [-0.39, 0.29) is 11.9 Å². The van der Waals surface area contributed by atoms with Gasteiger partial charge < -0.3 is 10.6 Å². The SMILES string of the molecule is CCC1CCCN(CC(N)c2cccc(F)c2)CC1. The molecule has 1 heterocycles. The van der Waals surface area contributed by atoms with E-state index in [1.807, 2.05) is 6.07 Å². The van der Waals surface area contributed by atoms with Crippen molar-refractivity contribution < 1.29 is 4.39 Å². The molecule has 0 spiro atoms. The van der Waals surface area contributed by atoms with Crippen molar-refractivity contribution in [3.63, 3.8) is 0 Å². The van der Waals surface area contributed by atoms with Crippen LogP contribution in [0.4, 0.5) is 4.39 Å². The Morgan fingerprint density at radius 1 is 1.37 bits per heavy atom. The second-order valence-corrected chi connectivity index (χ2v) is 5.67. The number of benzene rings is 1. The Hall–Kier alpha value is -0.930. The van der Waals surface area contributed by atoms with Gasteiger partial charge in [-0.3, -0.25) is 0 Å². The van der Waals surface area contributed by atoms with Crippen LogP contribution in [0.2, 0.25) is 0 Å². The highest BCUT2D eigenvalue weighted by Gasteiger charge is 2.18. The molecule has 1 fully saturated rings. The summed E-state index contributed by atoms with van der Waals surface area (Å²) in [6.45, 7) is 5.36. The maximum absolute atomic E-state index is 13.2. The topological polar surface area (TPSA) is 29.3 Å². The average molecular weight is 264 g/mol. The molecule has 2 N–H and O–H groups in total. The molecule has 106 valence electrons. The highest BCUT2D eigenvalue weighted by molar-refractivity contribution is 5.20. The van der Waals surface area contributed by atoms with E-state index in [9.17, 15) is 4.39 Å². The zero-order valence-electron chi connectivity index (χ0n) is 11.8. The molecule has 19 heavy (non-hydrogen) atoms. The molecule has 1 aromatic rings. The van der Waals surface area contributed by atoms with Gasteiger partial charge in [-0.05, 0) is 56.0 Å². The number of rotatable bonds is 4. The molecular weight excluding hydrogens is 239 g/mol. The van der Waals surface area contributed by atoms with E-state index in [1.165, 1.54) is 31.7 Å². The molecular formula is C16H25FN2. The Kier molecular flexibility index (Phi) is 5.34. The van der Waals surface area contributed by atoms with Gasteiger partial charge in [0.15, 0.2) is 0 Å². The molecule has 0 aromatic heterocycles. The summed E-state index contributed by atoms with van der Waals surface area (Å²) in [5.74, 6) is 0.672. The van der Waals surface area contributed by atoms with Crippen LogP contribution in [-0.4, -0.2) is 24.5 Å². The fourth-order valence-corrected chi connectivity index (χ4v) is 2.94. The van der Waals surface area contributed by atoms with Gasteiger partial charge in [-0.1, -0.05) is 25.5 Å². The first-order valence-corrected chi connectivity index (χ1v) is 7.42. The molecule has 3 heteroatoms. The molecule has 0 saturated carbocycles. The van der Waals surface area contributed by atoms with Crippen LogP contribution in [0.5, 0.6) is 0 Å². The summed E-state index contributed by atoms with van der Waals surface area (Å²) >= 11 is 0. The molecule has 1 aliphatic heterocycles. The maximum Gasteiger partial charge on any atom is 0.123 e. The van der Waals surface area contributed by atoms with Gasteiger partial charge in [0.1, 0.15) is 5.82 Å². The largest absolute Gasteiger partial charge is 0.323 e. The van der Waals surface area contributed by atoms with E-state index < -0.39 is 0 Å². The summed E-state index contributed by atoms with van der Waals surface area (Å²) in [4.78, 5) is 2.44. The number of likely N-dealkylation sites (tertiary alicyclic amines) is 1. The van der Waals surface area contributed by atoms with E-state index in [4.69, 9.17) is 5.73 Å². The predicted molar refractivity (Wildman–Crippen MR) is 77.4 cm³/mol. The van der Waals surface area contributed by atoms with Crippen molar-refractivity contribution >= 4 is 0 Å². The van der Waals surface area contributed by atoms with Crippen LogP contribution in [-0.2, 0) is 0 Å². The first-order valence-electron chi connectivity index (χ1n) is 7.42. The monoisotopic (exact) mass is 264 g/mol. The first-order chi connectivity index (χ1) is 9.19. The van der Waals surface area contributed by atoms with Crippen molar-refractivity contribution in [2.45, 2.75) is 38.6 Å². The minimum Gasteiger partial charge on any atom is -0.323 e. The highest BCUT2D eigenvalue weighted by atomic mass is 19.1. The van der Waals surface area contributed by atoms with Gasteiger partial charge in [-0.15, -0.1) is 0 Å². The van der Waals surface area contributed by atoms with E-state index in [2.05, 4.69) is 11.8 Å². The Labute approximate surface area is 115 Å². The number of nitrogens with two attached hydrogens (primary N) is 1. The maximum atomic E-state index is 13.2. The van der Waals surface area contributed by atoms with Gasteiger partial charge in [0.05, 0.1) is 0 Å². The summed E-state index contributed by atoms with van der Waals surface area (Å²) in [5, 5.41) is 0. The molecule has 2 atom stereocenters. The Morgan fingerprint density at radius 2 is 2.21 bits per heavy atom. The third-order valence-corrected chi connectivity index (χ3v) is 4.25. The van der Waals surface area contributed by atoms with Crippen LogP contribution in [0.15, 0.2) is 24.3 Å². The van der Waals surface area contributed by atoms with Crippen LogP contribution < -0.4 is 5.73 Å². The van der Waals surface area contributed by atoms with E-state index in [1.54, 1.807) is 12.1 Å². The van der Waals surface area contributed by atoms with Crippen molar-refractivity contribution in [3.05, 3.63) is 35.6 Å². The third kappa shape index (κ3) is 4.29. The average Bonchev–Trinajstić information content (AvgIpc) is 2.64. The van der Waals surface area contributed by atoms with Crippen LogP contribution in [0.25, 0.3) is 0 Å². The standard InChI is InChI=1S/C16H25FN2/c1-2-13-5-4-9-19(10-8-13)12-16(18)14-6-3-7-15(17)11-14/h3,6-7,11,13,16H,2,4-5,8-10,12,18H2,1H3. The number of halogens is 1. The zero-order valence-corrected chi connectivity index (χ0v) is 11.8. The quantitative estimate of drug-likeness (QED) is 0.903. The summed E-state index contributed by atoms with van der Waals surface area (Å²) < 4.78 is 13.2. The predicted octanol–water partition coefficient (Wildman–Crippen LogP) is 3.34. The lowest BCUT2D eigenvalue weighted by Crippen LogP contribution is -2.33. The molecule has 1 saturated heterocycles. The van der Waals surface area contributed by atoms with Gasteiger partial charge >= 0.3 is 0 Å². The molecule has 0 bridgehead atoms. The highest BCUT2D eigenvalue weighted by Crippen LogP contribution is 2.21. The lowest BCUT2D eigenvalue weighted by atomic mass is 9.98. The Balaban J connectivity index is 1.90. The number of nitrogens with zero attached hydrogens (tertiary/aromatic N) is 1. The smallest absolute Gasteiger partial charge is 0.123 e. The van der Waals surface area contributed by atoms with Crippen LogP contribution in [0.1, 0.15) is 44.2 Å². The number of hydrogen-bond donors (Lipinski definition) is 1. The van der Waals surface area contributed by atoms with Crippen molar-refractivity contribution in [2.75, 3.05) is 19.6 Å². The van der Waals surface area contributed by atoms with Crippen molar-refractivity contribution in [1.82, 2.24) is 4.90 Å². The van der Waals surface area contributed by atoms with E-state index in [0.717, 1.165) is 31.1 Å². The second kappa shape index (κ2) is 7.01. The minimum absolute atomic E-state index is 0.0890. The second-order valence-electron chi connectivity index (χ2n) is 5.67. The molecule has 1 aromatic carbocycles. The van der Waals surface area contributed by atoms with Crippen molar-refractivity contribution in [1.29, 1.82) is 0 Å². The summed E-state index contributed by atoms with van der Waals surface area (Å²) in [6.07, 6.45) is 5.15. The number of hydrogen-bond acceptors (Lipinski definition) is 2. The van der Waals surface area contributed by atoms with Gasteiger partial charge in [0.2, 0.25) is 0 Å². The minimum atomic E-state index is -0.199. The van der Waals surface area contributed by atoms with Crippen molar-refractivity contribution in [2.24, 2.45) is 11.7 Å². The lowest BCUT2D eigenvalue weighted by Gasteiger charge is -2.24. The van der Waals surface area contributed by atoms with Gasteiger partial charge in [-0.25, -0.2) is 4.39 Å². The third-order valence-electron chi connectivity index (χ3n) is 4.25. The molecule has 2 unspecified atom stereocenters. The first kappa shape index (κ1) is 14.5. The summed E-state index contributed by atoms with van der Waals surface area (Å²) in [5.41, 5.74) is 7.10. The Bertz CT molecular complexity index is 394. The van der Waals surface area contributed by atoms with Crippen LogP contribution in [0, 0.1) is 11.7 Å². The van der Waals surface area contributed by atoms with Crippen LogP contribution in [0.3, 0.4) is 0 Å². The normalized spacial score (nSPS) is 23.0. The van der Waals surface area contributed by atoms with E-state index in [0.29, 0.717) is 0 Å².